The Hall–Kier alpha value is -2.51. The minimum atomic E-state index is -4.71. The number of hydrogen-bond acceptors (Lipinski definition) is 3. The number of carbonyl (C=O) groups is 2. The molecular formula is C18H12Cl2F3NO3. The number of hydrogen-bond donors (Lipinski definition) is 1. The monoisotopic (exact) mass is 417 g/mol. The van der Waals surface area contributed by atoms with E-state index in [1.807, 2.05) is 5.32 Å². The van der Waals surface area contributed by atoms with E-state index in [-0.39, 0.29) is 5.02 Å². The van der Waals surface area contributed by atoms with Crippen LogP contribution in [0.4, 0.5) is 18.9 Å². The number of rotatable bonds is 5. The Bertz CT molecular complexity index is 882. The van der Waals surface area contributed by atoms with Crippen LogP contribution >= 0.6 is 23.2 Å². The van der Waals surface area contributed by atoms with Gasteiger partial charge in [-0.05, 0) is 29.8 Å². The largest absolute Gasteiger partial charge is 0.452 e. The highest BCUT2D eigenvalue weighted by molar-refractivity contribution is 6.34. The number of esters is 1. The molecule has 0 unspecified atom stereocenters. The highest BCUT2D eigenvalue weighted by Crippen LogP contribution is 2.38. The Morgan fingerprint density at radius 3 is 2.37 bits per heavy atom. The minimum Gasteiger partial charge on any atom is -0.452 e. The molecule has 0 radical (unpaired) electrons. The molecule has 0 saturated heterocycles. The third kappa shape index (κ3) is 6.01. The molecule has 0 aliphatic heterocycles. The molecule has 2 rings (SSSR count). The predicted molar refractivity (Wildman–Crippen MR) is 96.5 cm³/mol. The fourth-order valence-corrected chi connectivity index (χ4v) is 2.44. The summed E-state index contributed by atoms with van der Waals surface area (Å²) in [5.41, 5.74) is -1.14. The molecule has 1 N–H and O–H groups in total. The molecule has 0 fully saturated rings. The topological polar surface area (TPSA) is 55.4 Å². The molecule has 0 saturated carbocycles. The van der Waals surface area contributed by atoms with Crippen molar-refractivity contribution in [2.24, 2.45) is 0 Å². The average molecular weight is 418 g/mol. The van der Waals surface area contributed by atoms with Gasteiger partial charge in [0, 0.05) is 11.1 Å². The van der Waals surface area contributed by atoms with Crippen LogP contribution in [0.5, 0.6) is 0 Å². The maximum absolute atomic E-state index is 13.0. The van der Waals surface area contributed by atoms with Crippen LogP contribution in [0.1, 0.15) is 11.1 Å². The Balaban J connectivity index is 1.97. The molecule has 1 amide bonds. The lowest BCUT2D eigenvalue weighted by Gasteiger charge is -2.15. The van der Waals surface area contributed by atoms with E-state index in [9.17, 15) is 22.8 Å². The zero-order valence-corrected chi connectivity index (χ0v) is 15.0. The molecule has 0 bridgehead atoms. The number of benzene rings is 2. The summed E-state index contributed by atoms with van der Waals surface area (Å²) in [6.07, 6.45) is -2.27. The van der Waals surface area contributed by atoms with Crippen molar-refractivity contribution >= 4 is 46.8 Å². The van der Waals surface area contributed by atoms with Gasteiger partial charge >= 0.3 is 12.1 Å². The van der Waals surface area contributed by atoms with Gasteiger partial charge in [0.05, 0.1) is 16.3 Å². The molecular weight excluding hydrogens is 406 g/mol. The van der Waals surface area contributed by atoms with E-state index >= 15 is 0 Å². The smallest absolute Gasteiger partial charge is 0.418 e. The van der Waals surface area contributed by atoms with Crippen molar-refractivity contribution in [1.29, 1.82) is 0 Å². The number of amides is 1. The molecule has 0 aliphatic rings. The summed E-state index contributed by atoms with van der Waals surface area (Å²) in [6, 6.07) is 9.81. The van der Waals surface area contributed by atoms with Crippen LogP contribution in [-0.4, -0.2) is 18.5 Å². The van der Waals surface area contributed by atoms with E-state index in [0.29, 0.717) is 10.6 Å². The van der Waals surface area contributed by atoms with E-state index in [0.717, 1.165) is 18.2 Å². The summed E-state index contributed by atoms with van der Waals surface area (Å²) in [4.78, 5) is 23.5. The van der Waals surface area contributed by atoms with Crippen LogP contribution in [0.3, 0.4) is 0 Å². The highest BCUT2D eigenvalue weighted by Gasteiger charge is 2.34. The standard InChI is InChI=1S/C18H12Cl2F3NO3/c19-13-6-2-1-4-11(13)8-9-16(26)27-10-15(25)24-17-12(18(21,22)23)5-3-7-14(17)20/h1-9H,10H2,(H,24,25)/b9-8+. The van der Waals surface area contributed by atoms with Gasteiger partial charge in [0.2, 0.25) is 0 Å². The second-order valence-corrected chi connectivity index (χ2v) is 5.99. The number of para-hydroxylation sites is 1. The molecule has 2 aromatic rings. The van der Waals surface area contributed by atoms with E-state index in [1.54, 1.807) is 24.3 Å². The Morgan fingerprint density at radius 1 is 1.04 bits per heavy atom. The zero-order chi connectivity index (χ0) is 20.0. The van der Waals surface area contributed by atoms with E-state index in [1.165, 1.54) is 12.1 Å². The third-order valence-corrected chi connectivity index (χ3v) is 3.89. The number of anilines is 1. The Labute approximate surface area is 162 Å². The van der Waals surface area contributed by atoms with Gasteiger partial charge in [-0.1, -0.05) is 47.5 Å². The molecule has 0 spiro atoms. The van der Waals surface area contributed by atoms with E-state index in [2.05, 4.69) is 0 Å². The first-order valence-corrected chi connectivity index (χ1v) is 8.19. The van der Waals surface area contributed by atoms with Crippen molar-refractivity contribution in [1.82, 2.24) is 0 Å². The Kier molecular flexibility index (Phi) is 6.87. The number of ether oxygens (including phenoxy) is 1. The lowest BCUT2D eigenvalue weighted by atomic mass is 10.1. The van der Waals surface area contributed by atoms with Gasteiger partial charge in [-0.2, -0.15) is 13.2 Å². The van der Waals surface area contributed by atoms with Crippen molar-refractivity contribution in [2.45, 2.75) is 6.18 Å². The van der Waals surface area contributed by atoms with Gasteiger partial charge in [0.15, 0.2) is 6.61 Å². The lowest BCUT2D eigenvalue weighted by molar-refractivity contribution is -0.142. The minimum absolute atomic E-state index is 0.289. The van der Waals surface area contributed by atoms with Gasteiger partial charge in [-0.3, -0.25) is 4.79 Å². The van der Waals surface area contributed by atoms with E-state index in [4.69, 9.17) is 27.9 Å². The molecule has 27 heavy (non-hydrogen) atoms. The maximum atomic E-state index is 13.0. The van der Waals surface area contributed by atoms with Crippen molar-refractivity contribution in [3.63, 3.8) is 0 Å². The van der Waals surface area contributed by atoms with E-state index < -0.39 is 35.9 Å². The molecule has 9 heteroatoms. The first kappa shape index (κ1) is 20.8. The van der Waals surface area contributed by atoms with Crippen molar-refractivity contribution in [3.05, 3.63) is 69.7 Å². The first-order chi connectivity index (χ1) is 12.7. The predicted octanol–water partition coefficient (Wildman–Crippen LogP) is 5.21. The summed E-state index contributed by atoms with van der Waals surface area (Å²) < 4.78 is 43.6. The number of nitrogens with one attached hydrogen (secondary N) is 1. The summed E-state index contributed by atoms with van der Waals surface area (Å²) in [6.45, 7) is -0.784. The highest BCUT2D eigenvalue weighted by atomic mass is 35.5. The summed E-state index contributed by atoms with van der Waals surface area (Å²) in [5, 5.41) is 2.14. The summed E-state index contributed by atoms with van der Waals surface area (Å²) in [7, 11) is 0. The quantitative estimate of drug-likeness (QED) is 0.536. The SMILES string of the molecule is O=C(COC(=O)/C=C/c1ccccc1Cl)Nc1c(Cl)cccc1C(F)(F)F. The fraction of sp³-hybridized carbons (Fsp3) is 0.111. The molecule has 0 heterocycles. The third-order valence-electron chi connectivity index (χ3n) is 3.23. The van der Waals surface area contributed by atoms with Crippen LogP contribution in [0.25, 0.3) is 6.08 Å². The van der Waals surface area contributed by atoms with Gasteiger partial charge < -0.3 is 10.1 Å². The normalized spacial score (nSPS) is 11.4. The van der Waals surface area contributed by atoms with Crippen LogP contribution in [0, 0.1) is 0 Å². The number of alkyl halides is 3. The van der Waals surface area contributed by atoms with Gasteiger partial charge in [-0.15, -0.1) is 0 Å². The van der Waals surface area contributed by atoms with Crippen LogP contribution in [0.15, 0.2) is 48.5 Å². The molecule has 142 valence electrons. The summed E-state index contributed by atoms with van der Waals surface area (Å²) >= 11 is 11.6. The van der Waals surface area contributed by atoms with Crippen LogP contribution in [0.2, 0.25) is 10.0 Å². The van der Waals surface area contributed by atoms with Gasteiger partial charge in [0.25, 0.3) is 5.91 Å². The van der Waals surface area contributed by atoms with Gasteiger partial charge in [0.1, 0.15) is 0 Å². The number of halogens is 5. The molecule has 0 aromatic heterocycles. The maximum Gasteiger partial charge on any atom is 0.418 e. The second-order valence-electron chi connectivity index (χ2n) is 5.17. The lowest BCUT2D eigenvalue weighted by Crippen LogP contribution is -2.22. The van der Waals surface area contributed by atoms with Crippen LogP contribution < -0.4 is 5.32 Å². The molecule has 0 atom stereocenters. The van der Waals surface area contributed by atoms with Gasteiger partial charge in [-0.25, -0.2) is 4.79 Å². The molecule has 4 nitrogen and oxygen atoms in total. The fourth-order valence-electron chi connectivity index (χ4n) is 2.02. The van der Waals surface area contributed by atoms with Crippen LogP contribution in [-0.2, 0) is 20.5 Å². The molecule has 0 aliphatic carbocycles. The number of carbonyl (C=O) groups excluding carboxylic acids is 2. The van der Waals surface area contributed by atoms with Crippen molar-refractivity contribution in [3.8, 4) is 0 Å². The first-order valence-electron chi connectivity index (χ1n) is 7.43. The zero-order valence-electron chi connectivity index (χ0n) is 13.5. The van der Waals surface area contributed by atoms with Crippen molar-refractivity contribution < 1.29 is 27.5 Å². The Morgan fingerprint density at radius 2 is 1.70 bits per heavy atom. The second kappa shape index (κ2) is 8.92. The average Bonchev–Trinajstić information content (AvgIpc) is 2.60. The van der Waals surface area contributed by atoms with Crippen molar-refractivity contribution in [2.75, 3.05) is 11.9 Å². The summed E-state index contributed by atoms with van der Waals surface area (Å²) in [5.74, 6) is -1.83. The molecule has 2 aromatic carbocycles.